The summed E-state index contributed by atoms with van der Waals surface area (Å²) in [6.45, 7) is 7.94. The van der Waals surface area contributed by atoms with Gasteiger partial charge in [0.15, 0.2) is 11.6 Å². The molecule has 128 valence electrons. The van der Waals surface area contributed by atoms with Crippen molar-refractivity contribution in [3.8, 4) is 0 Å². The number of allylic oxidation sites excluding steroid dienone is 2. The highest BCUT2D eigenvalue weighted by Gasteiger charge is 2.28. The van der Waals surface area contributed by atoms with Crippen LogP contribution in [0.3, 0.4) is 0 Å². The molecule has 0 saturated carbocycles. The van der Waals surface area contributed by atoms with Gasteiger partial charge in [-0.25, -0.2) is 0 Å². The molecule has 2 rings (SSSR count). The summed E-state index contributed by atoms with van der Waals surface area (Å²) in [7, 11) is 0. The third kappa shape index (κ3) is 3.81. The number of carbonyl (C=O) groups is 3. The number of rotatable bonds is 5. The fraction of sp³-hybridized carbons (Fsp3) is 0.450. The van der Waals surface area contributed by atoms with E-state index in [0.717, 1.165) is 12.8 Å². The Balaban J connectivity index is 1.94. The standard InChI is InChI=1S/C20H25NO3/c1-13-14(9-7-8-12-21-19(24)20(2,3)4)18(23)16-11-6-5-10-15(16)17(13)22/h5-6,10-11H,7-9,12H2,1-4H3,(H,21,24). The average Bonchev–Trinajstić information content (AvgIpc) is 2.54. The van der Waals surface area contributed by atoms with Gasteiger partial charge < -0.3 is 5.32 Å². The number of amides is 1. The fourth-order valence-corrected chi connectivity index (χ4v) is 2.75. The largest absolute Gasteiger partial charge is 0.356 e. The van der Waals surface area contributed by atoms with Gasteiger partial charge in [-0.05, 0) is 26.2 Å². The second kappa shape index (κ2) is 7.12. The Morgan fingerprint density at radius 2 is 1.58 bits per heavy atom. The van der Waals surface area contributed by atoms with Gasteiger partial charge in [-0.15, -0.1) is 0 Å². The summed E-state index contributed by atoms with van der Waals surface area (Å²) in [5.41, 5.74) is 1.78. The van der Waals surface area contributed by atoms with Gasteiger partial charge in [0.2, 0.25) is 5.91 Å². The van der Waals surface area contributed by atoms with Crippen LogP contribution in [0.5, 0.6) is 0 Å². The van der Waals surface area contributed by atoms with Gasteiger partial charge in [0.05, 0.1) is 0 Å². The maximum absolute atomic E-state index is 12.6. The maximum atomic E-state index is 12.6. The molecule has 1 aliphatic carbocycles. The molecule has 0 bridgehead atoms. The third-order valence-corrected chi connectivity index (χ3v) is 4.30. The monoisotopic (exact) mass is 327 g/mol. The summed E-state index contributed by atoms with van der Waals surface area (Å²) >= 11 is 0. The van der Waals surface area contributed by atoms with Crippen molar-refractivity contribution in [1.82, 2.24) is 5.32 Å². The number of nitrogens with one attached hydrogen (secondary N) is 1. The lowest BCUT2D eigenvalue weighted by molar-refractivity contribution is -0.128. The number of unbranched alkanes of at least 4 members (excludes halogenated alkanes) is 1. The van der Waals surface area contributed by atoms with Gasteiger partial charge in [-0.3, -0.25) is 14.4 Å². The molecule has 24 heavy (non-hydrogen) atoms. The summed E-state index contributed by atoms with van der Waals surface area (Å²) in [6, 6.07) is 6.98. The van der Waals surface area contributed by atoms with Gasteiger partial charge in [-0.1, -0.05) is 45.0 Å². The van der Waals surface area contributed by atoms with Gasteiger partial charge in [0.1, 0.15) is 0 Å². The van der Waals surface area contributed by atoms with E-state index in [0.29, 0.717) is 35.2 Å². The van der Waals surface area contributed by atoms with Gasteiger partial charge in [0, 0.05) is 34.2 Å². The molecule has 0 fully saturated rings. The number of fused-ring (bicyclic) bond motifs is 1. The number of ketones is 2. The van der Waals surface area contributed by atoms with Crippen molar-refractivity contribution in [3.05, 3.63) is 46.5 Å². The maximum Gasteiger partial charge on any atom is 0.225 e. The smallest absolute Gasteiger partial charge is 0.225 e. The normalized spacial score (nSPS) is 14.7. The topological polar surface area (TPSA) is 63.2 Å². The van der Waals surface area contributed by atoms with E-state index in [1.54, 1.807) is 31.2 Å². The summed E-state index contributed by atoms with van der Waals surface area (Å²) in [4.78, 5) is 36.8. The Morgan fingerprint density at radius 3 is 2.17 bits per heavy atom. The third-order valence-electron chi connectivity index (χ3n) is 4.30. The quantitative estimate of drug-likeness (QED) is 0.838. The first-order valence-corrected chi connectivity index (χ1v) is 8.40. The van der Waals surface area contributed by atoms with Crippen LogP contribution in [0.4, 0.5) is 0 Å². The Hall–Kier alpha value is -2.23. The number of hydrogen-bond acceptors (Lipinski definition) is 3. The predicted octanol–water partition coefficient (Wildman–Crippen LogP) is 3.71. The van der Waals surface area contributed by atoms with Crippen molar-refractivity contribution in [1.29, 1.82) is 0 Å². The molecule has 0 aromatic heterocycles. The predicted molar refractivity (Wildman–Crippen MR) is 94.1 cm³/mol. The van der Waals surface area contributed by atoms with E-state index >= 15 is 0 Å². The molecule has 0 radical (unpaired) electrons. The summed E-state index contributed by atoms with van der Waals surface area (Å²) in [6.07, 6.45) is 2.11. The molecule has 0 unspecified atom stereocenters. The SMILES string of the molecule is CC1=C(CCCCNC(=O)C(C)(C)C)C(=O)c2ccccc2C1=O. The van der Waals surface area contributed by atoms with Gasteiger partial charge >= 0.3 is 0 Å². The van der Waals surface area contributed by atoms with Crippen molar-refractivity contribution in [2.45, 2.75) is 47.0 Å². The first-order chi connectivity index (χ1) is 11.2. The van der Waals surface area contributed by atoms with E-state index in [4.69, 9.17) is 0 Å². The van der Waals surface area contributed by atoms with Crippen LogP contribution in [0.2, 0.25) is 0 Å². The minimum Gasteiger partial charge on any atom is -0.356 e. The van der Waals surface area contributed by atoms with Crippen molar-refractivity contribution in [3.63, 3.8) is 0 Å². The van der Waals surface area contributed by atoms with E-state index in [-0.39, 0.29) is 17.5 Å². The Morgan fingerprint density at radius 1 is 1.00 bits per heavy atom. The number of benzene rings is 1. The molecule has 1 aromatic rings. The highest BCUT2D eigenvalue weighted by Crippen LogP contribution is 2.28. The zero-order valence-electron chi connectivity index (χ0n) is 14.9. The first-order valence-electron chi connectivity index (χ1n) is 8.40. The lowest BCUT2D eigenvalue weighted by atomic mass is 9.83. The Bertz CT molecular complexity index is 708. The lowest BCUT2D eigenvalue weighted by Gasteiger charge is -2.19. The minimum absolute atomic E-state index is 0.0238. The second-order valence-electron chi connectivity index (χ2n) is 7.27. The Kier molecular flexibility index (Phi) is 5.37. The molecular formula is C20H25NO3. The second-order valence-corrected chi connectivity index (χ2v) is 7.27. The highest BCUT2D eigenvalue weighted by atomic mass is 16.2. The molecule has 0 spiro atoms. The number of carbonyl (C=O) groups excluding carboxylic acids is 3. The molecule has 0 heterocycles. The van der Waals surface area contributed by atoms with Crippen LogP contribution in [0.1, 0.15) is 67.7 Å². The van der Waals surface area contributed by atoms with Crippen LogP contribution in [0.25, 0.3) is 0 Å². The van der Waals surface area contributed by atoms with Crippen LogP contribution in [-0.4, -0.2) is 24.0 Å². The molecule has 0 atom stereocenters. The summed E-state index contributed by atoms with van der Waals surface area (Å²) < 4.78 is 0. The number of hydrogen-bond donors (Lipinski definition) is 1. The van der Waals surface area contributed by atoms with Crippen LogP contribution in [0.15, 0.2) is 35.4 Å². The average molecular weight is 327 g/mol. The molecule has 4 heteroatoms. The first kappa shape index (κ1) is 18.1. The molecule has 0 saturated heterocycles. The molecule has 1 aromatic carbocycles. The van der Waals surface area contributed by atoms with Crippen LogP contribution in [0, 0.1) is 5.41 Å². The zero-order valence-corrected chi connectivity index (χ0v) is 14.9. The van der Waals surface area contributed by atoms with Crippen LogP contribution >= 0.6 is 0 Å². The number of Topliss-reactive ketones (excluding diaryl/α,β-unsaturated/α-hetero) is 2. The van der Waals surface area contributed by atoms with Gasteiger partial charge in [0.25, 0.3) is 0 Å². The molecule has 1 aliphatic rings. The van der Waals surface area contributed by atoms with E-state index in [9.17, 15) is 14.4 Å². The van der Waals surface area contributed by atoms with Crippen molar-refractivity contribution in [2.75, 3.05) is 6.54 Å². The van der Waals surface area contributed by atoms with Crippen molar-refractivity contribution in [2.24, 2.45) is 5.41 Å². The molecule has 0 aliphatic heterocycles. The summed E-state index contributed by atoms with van der Waals surface area (Å²) in [5.74, 6) is -0.0709. The molecule has 1 amide bonds. The van der Waals surface area contributed by atoms with E-state index in [1.165, 1.54) is 0 Å². The lowest BCUT2D eigenvalue weighted by Crippen LogP contribution is -2.35. The van der Waals surface area contributed by atoms with Crippen LogP contribution < -0.4 is 5.32 Å². The van der Waals surface area contributed by atoms with E-state index in [1.807, 2.05) is 20.8 Å². The minimum atomic E-state index is -0.394. The molecule has 4 nitrogen and oxygen atoms in total. The fourth-order valence-electron chi connectivity index (χ4n) is 2.75. The van der Waals surface area contributed by atoms with Gasteiger partial charge in [-0.2, -0.15) is 0 Å². The Labute approximate surface area is 143 Å². The molecule has 1 N–H and O–H groups in total. The van der Waals surface area contributed by atoms with E-state index in [2.05, 4.69) is 5.32 Å². The van der Waals surface area contributed by atoms with Crippen molar-refractivity contribution < 1.29 is 14.4 Å². The van der Waals surface area contributed by atoms with Crippen molar-refractivity contribution >= 4 is 17.5 Å². The molecular weight excluding hydrogens is 302 g/mol. The summed E-state index contributed by atoms with van der Waals surface area (Å²) in [5, 5.41) is 2.90. The zero-order chi connectivity index (χ0) is 17.9. The van der Waals surface area contributed by atoms with E-state index < -0.39 is 5.41 Å². The highest BCUT2D eigenvalue weighted by molar-refractivity contribution is 6.26. The van der Waals surface area contributed by atoms with Crippen LogP contribution in [-0.2, 0) is 4.79 Å².